The van der Waals surface area contributed by atoms with Crippen molar-refractivity contribution in [2.45, 2.75) is 4.90 Å². The smallest absolute Gasteiger partial charge is 0.258 e. The van der Waals surface area contributed by atoms with Gasteiger partial charge in [-0.3, -0.25) is 10.1 Å². The molecule has 1 N–H and O–H groups in total. The number of sulfone groups is 1. The molecule has 2 aromatic carbocycles. The number of fused-ring (bicyclic) bond motifs is 2. The third kappa shape index (κ3) is 3.11. The topological polar surface area (TPSA) is 94.6 Å². The first kappa shape index (κ1) is 16.8. The normalized spacial score (nSPS) is 13.6. The lowest BCUT2D eigenvalue weighted by atomic mass is 10.2. The van der Waals surface area contributed by atoms with Gasteiger partial charge in [0.25, 0.3) is 5.91 Å². The molecule has 1 aliphatic heterocycles. The number of carbonyl (C=O) groups excluding carboxylic acids is 1. The minimum absolute atomic E-state index is 0.0177. The molecule has 134 valence electrons. The van der Waals surface area contributed by atoms with Gasteiger partial charge in [0, 0.05) is 18.4 Å². The lowest BCUT2D eigenvalue weighted by molar-refractivity contribution is 0.102. The van der Waals surface area contributed by atoms with Crippen LogP contribution in [0.4, 0.5) is 5.13 Å². The van der Waals surface area contributed by atoms with Crippen LogP contribution in [0.3, 0.4) is 0 Å². The van der Waals surface area contributed by atoms with Gasteiger partial charge in [-0.15, -0.1) is 0 Å². The number of rotatable bonds is 3. The Kier molecular flexibility index (Phi) is 4.04. The number of carbonyl (C=O) groups is 1. The summed E-state index contributed by atoms with van der Waals surface area (Å²) in [4.78, 5) is 16.9. The van der Waals surface area contributed by atoms with Gasteiger partial charge in [0.05, 0.1) is 20.7 Å². The molecule has 1 aliphatic rings. The third-order valence-electron chi connectivity index (χ3n) is 3.80. The number of ether oxygens (including phenoxy) is 2. The largest absolute Gasteiger partial charge is 0.486 e. The molecule has 4 rings (SSSR count). The summed E-state index contributed by atoms with van der Waals surface area (Å²) in [5.41, 5.74) is 0.756. The first-order valence-electron chi connectivity index (χ1n) is 7.72. The number of amides is 1. The maximum atomic E-state index is 12.6. The molecule has 0 unspecified atom stereocenters. The average Bonchev–Trinajstić information content (AvgIpc) is 2.99. The van der Waals surface area contributed by atoms with Crippen molar-refractivity contribution in [3.05, 3.63) is 42.0 Å². The number of hydrogen-bond acceptors (Lipinski definition) is 7. The van der Waals surface area contributed by atoms with E-state index in [0.717, 1.165) is 11.0 Å². The average molecular weight is 390 g/mol. The summed E-state index contributed by atoms with van der Waals surface area (Å²) in [6, 6.07) is 9.66. The van der Waals surface area contributed by atoms with Gasteiger partial charge in [-0.1, -0.05) is 23.5 Å². The molecule has 1 aromatic heterocycles. The van der Waals surface area contributed by atoms with E-state index < -0.39 is 15.7 Å². The highest BCUT2D eigenvalue weighted by Crippen LogP contribution is 2.38. The van der Waals surface area contributed by atoms with Crippen molar-refractivity contribution in [3.8, 4) is 11.5 Å². The summed E-state index contributed by atoms with van der Waals surface area (Å²) in [5, 5.41) is 3.04. The van der Waals surface area contributed by atoms with Crippen molar-refractivity contribution in [3.63, 3.8) is 0 Å². The Morgan fingerprint density at radius 2 is 1.85 bits per heavy atom. The van der Waals surface area contributed by atoms with E-state index in [1.54, 1.807) is 18.2 Å². The standard InChI is InChI=1S/C17H14N2O5S2/c1-26(21,22)15-5-3-2-4-10(15)16(20)19-17-18-11-8-12-13(9-14(11)25-17)24-7-6-23-12/h2-5,8-9H,6-7H2,1H3,(H,18,19,20). The molecule has 0 fully saturated rings. The van der Waals surface area contributed by atoms with Crippen LogP contribution in [0.15, 0.2) is 41.3 Å². The highest BCUT2D eigenvalue weighted by atomic mass is 32.2. The van der Waals surface area contributed by atoms with E-state index in [0.29, 0.717) is 35.4 Å². The van der Waals surface area contributed by atoms with Gasteiger partial charge in [-0.25, -0.2) is 13.4 Å². The van der Waals surface area contributed by atoms with Crippen LogP contribution >= 0.6 is 11.3 Å². The molecular weight excluding hydrogens is 376 g/mol. The molecule has 0 atom stereocenters. The molecular formula is C17H14N2O5S2. The molecule has 0 aliphatic carbocycles. The Bertz CT molecular complexity index is 1080. The van der Waals surface area contributed by atoms with Crippen molar-refractivity contribution >= 4 is 42.4 Å². The fraction of sp³-hybridized carbons (Fsp3) is 0.176. The van der Waals surface area contributed by atoms with Gasteiger partial charge < -0.3 is 9.47 Å². The second-order valence-corrected chi connectivity index (χ2v) is 8.72. The lowest BCUT2D eigenvalue weighted by Gasteiger charge is -2.17. The van der Waals surface area contributed by atoms with Crippen LogP contribution in [0.5, 0.6) is 11.5 Å². The second kappa shape index (κ2) is 6.26. The summed E-state index contributed by atoms with van der Waals surface area (Å²) in [6.45, 7) is 0.970. The highest BCUT2D eigenvalue weighted by Gasteiger charge is 2.20. The second-order valence-electron chi connectivity index (χ2n) is 5.71. The molecule has 9 heteroatoms. The Morgan fingerprint density at radius 1 is 1.15 bits per heavy atom. The third-order valence-corrected chi connectivity index (χ3v) is 5.89. The van der Waals surface area contributed by atoms with Crippen LogP contribution < -0.4 is 14.8 Å². The number of nitrogens with zero attached hydrogens (tertiary/aromatic N) is 1. The van der Waals surface area contributed by atoms with Crippen molar-refractivity contribution in [2.75, 3.05) is 24.8 Å². The number of anilines is 1. The highest BCUT2D eigenvalue weighted by molar-refractivity contribution is 7.90. The summed E-state index contributed by atoms with van der Waals surface area (Å²) in [5.74, 6) is 0.740. The summed E-state index contributed by atoms with van der Waals surface area (Å²) < 4.78 is 35.7. The van der Waals surface area contributed by atoms with Gasteiger partial charge in [0.15, 0.2) is 26.5 Å². The van der Waals surface area contributed by atoms with Crippen molar-refractivity contribution in [2.24, 2.45) is 0 Å². The molecule has 3 aromatic rings. The van der Waals surface area contributed by atoms with E-state index in [-0.39, 0.29) is 10.5 Å². The van der Waals surface area contributed by atoms with Crippen molar-refractivity contribution < 1.29 is 22.7 Å². The van der Waals surface area contributed by atoms with Gasteiger partial charge in [-0.05, 0) is 12.1 Å². The fourth-order valence-electron chi connectivity index (χ4n) is 2.66. The van der Waals surface area contributed by atoms with E-state index in [4.69, 9.17) is 9.47 Å². The molecule has 0 bridgehead atoms. The van der Waals surface area contributed by atoms with Crippen LogP contribution in [0.25, 0.3) is 10.2 Å². The Balaban J connectivity index is 1.67. The number of aromatic nitrogens is 1. The van der Waals surface area contributed by atoms with E-state index in [2.05, 4.69) is 10.3 Å². The monoisotopic (exact) mass is 390 g/mol. The van der Waals surface area contributed by atoms with E-state index in [9.17, 15) is 13.2 Å². The van der Waals surface area contributed by atoms with Crippen molar-refractivity contribution in [1.82, 2.24) is 4.98 Å². The van der Waals surface area contributed by atoms with E-state index in [1.807, 2.05) is 6.07 Å². The zero-order chi connectivity index (χ0) is 18.3. The predicted molar refractivity (Wildman–Crippen MR) is 98.1 cm³/mol. The maximum absolute atomic E-state index is 12.6. The summed E-state index contributed by atoms with van der Waals surface area (Å²) in [7, 11) is -3.52. The molecule has 7 nitrogen and oxygen atoms in total. The minimum atomic E-state index is -3.52. The molecule has 2 heterocycles. The fourth-order valence-corrected chi connectivity index (χ4v) is 4.42. The molecule has 1 amide bonds. The summed E-state index contributed by atoms with van der Waals surface area (Å²) >= 11 is 1.28. The maximum Gasteiger partial charge on any atom is 0.258 e. The number of benzene rings is 2. The van der Waals surface area contributed by atoms with Gasteiger partial charge in [-0.2, -0.15) is 0 Å². The van der Waals surface area contributed by atoms with Gasteiger partial charge >= 0.3 is 0 Å². The van der Waals surface area contributed by atoms with Gasteiger partial charge in [0.2, 0.25) is 0 Å². The number of hydrogen-bond donors (Lipinski definition) is 1. The van der Waals surface area contributed by atoms with E-state index in [1.165, 1.54) is 23.5 Å². The summed E-state index contributed by atoms with van der Waals surface area (Å²) in [6.07, 6.45) is 1.07. The zero-order valence-corrected chi connectivity index (χ0v) is 15.3. The number of nitrogens with one attached hydrogen (secondary N) is 1. The Labute approximate surface area is 153 Å². The Hall–Kier alpha value is -2.65. The zero-order valence-electron chi connectivity index (χ0n) is 13.7. The lowest BCUT2D eigenvalue weighted by Crippen LogP contribution is -2.15. The number of thiazole rings is 1. The van der Waals surface area contributed by atoms with Crippen LogP contribution in [0.1, 0.15) is 10.4 Å². The molecule has 26 heavy (non-hydrogen) atoms. The first-order valence-corrected chi connectivity index (χ1v) is 10.4. The van der Waals surface area contributed by atoms with Gasteiger partial charge in [0.1, 0.15) is 13.2 Å². The first-order chi connectivity index (χ1) is 12.4. The molecule has 0 spiro atoms. The van der Waals surface area contributed by atoms with Crippen LogP contribution in [0.2, 0.25) is 0 Å². The predicted octanol–water partition coefficient (Wildman–Crippen LogP) is 2.72. The van der Waals surface area contributed by atoms with Crippen LogP contribution in [-0.2, 0) is 9.84 Å². The molecule has 0 saturated carbocycles. The minimum Gasteiger partial charge on any atom is -0.486 e. The van der Waals surface area contributed by atoms with Crippen LogP contribution in [0, 0.1) is 0 Å². The van der Waals surface area contributed by atoms with Crippen LogP contribution in [-0.4, -0.2) is 38.8 Å². The quantitative estimate of drug-likeness (QED) is 0.739. The molecule has 0 radical (unpaired) electrons. The Morgan fingerprint density at radius 3 is 2.58 bits per heavy atom. The SMILES string of the molecule is CS(=O)(=O)c1ccccc1C(=O)Nc1nc2cc3c(cc2s1)OCCO3. The molecule has 0 saturated heterocycles. The van der Waals surface area contributed by atoms with Crippen molar-refractivity contribution in [1.29, 1.82) is 0 Å². The van der Waals surface area contributed by atoms with E-state index >= 15 is 0 Å².